The number of ether oxygens (including phenoxy) is 1. The summed E-state index contributed by atoms with van der Waals surface area (Å²) in [6.07, 6.45) is 3.19. The van der Waals surface area contributed by atoms with Gasteiger partial charge < -0.3 is 4.74 Å². The van der Waals surface area contributed by atoms with Crippen LogP contribution in [0.1, 0.15) is 12.8 Å². The van der Waals surface area contributed by atoms with E-state index in [1.54, 1.807) is 6.26 Å². The molecule has 0 saturated heterocycles. The fourth-order valence-electron chi connectivity index (χ4n) is 0.316. The molecule has 0 unspecified atom stereocenters. The number of hydrogen-bond acceptors (Lipinski definition) is 3. The Balaban J connectivity index is 2.30. The molecule has 0 aromatic rings. The third-order valence-electron chi connectivity index (χ3n) is 0.992. The number of nitrogens with two attached hydrogens (primary N) is 1. The zero-order chi connectivity index (χ0) is 5.33. The molecule has 7 heavy (non-hydrogen) atoms. The molecule has 0 aromatic heterocycles. The predicted octanol–water partition coefficient (Wildman–Crippen LogP) is -0.0671. The minimum atomic E-state index is -0.561. The molecule has 1 aliphatic rings. The largest absolute Gasteiger partial charge is 0.405 e. The first-order valence-corrected chi connectivity index (χ1v) is 2.13. The van der Waals surface area contributed by atoms with Crippen LogP contribution in [-0.4, -0.2) is 5.72 Å². The predicted molar refractivity (Wildman–Crippen MR) is 22.9 cm³/mol. The molecule has 1 fully saturated rings. The van der Waals surface area contributed by atoms with Crippen molar-refractivity contribution in [3.8, 4) is 6.26 Å². The first-order chi connectivity index (χ1) is 3.27. The van der Waals surface area contributed by atoms with E-state index in [2.05, 4.69) is 4.74 Å². The van der Waals surface area contributed by atoms with Crippen molar-refractivity contribution in [2.24, 2.45) is 5.73 Å². The third kappa shape index (κ3) is 0.815. The van der Waals surface area contributed by atoms with Crippen molar-refractivity contribution in [2.75, 3.05) is 0 Å². The summed E-state index contributed by atoms with van der Waals surface area (Å²) in [5, 5.41) is 7.89. The second-order valence-corrected chi connectivity index (χ2v) is 1.76. The molecule has 3 heteroatoms. The van der Waals surface area contributed by atoms with Crippen LogP contribution in [-0.2, 0) is 4.74 Å². The maximum atomic E-state index is 7.89. The molecule has 0 aliphatic heterocycles. The van der Waals surface area contributed by atoms with Crippen LogP contribution in [0.15, 0.2) is 0 Å². The van der Waals surface area contributed by atoms with Crippen LogP contribution in [0.4, 0.5) is 0 Å². The zero-order valence-electron chi connectivity index (χ0n) is 3.85. The Morgan fingerprint density at radius 3 is 2.43 bits per heavy atom. The zero-order valence-corrected chi connectivity index (χ0v) is 3.85. The Morgan fingerprint density at radius 2 is 2.29 bits per heavy atom. The Bertz CT molecular complexity index is 111. The minimum Gasteiger partial charge on any atom is -0.405 e. The lowest BCUT2D eigenvalue weighted by Crippen LogP contribution is -2.22. The summed E-state index contributed by atoms with van der Waals surface area (Å²) < 4.78 is 4.42. The average Bonchev–Trinajstić information content (AvgIpc) is 2.22. The number of nitriles is 1. The van der Waals surface area contributed by atoms with E-state index in [9.17, 15) is 0 Å². The standard InChI is InChI=1S/C4H6N2O/c5-3-7-4(6)1-2-4/h1-2,6H2. The van der Waals surface area contributed by atoms with Crippen molar-refractivity contribution in [2.45, 2.75) is 18.6 Å². The second-order valence-electron chi connectivity index (χ2n) is 1.76. The van der Waals surface area contributed by atoms with Crippen molar-refractivity contribution in [3.63, 3.8) is 0 Å². The molecule has 1 aliphatic carbocycles. The van der Waals surface area contributed by atoms with Gasteiger partial charge in [-0.15, -0.1) is 0 Å². The fourth-order valence-corrected chi connectivity index (χ4v) is 0.316. The molecule has 2 N–H and O–H groups in total. The van der Waals surface area contributed by atoms with Gasteiger partial charge in [0.2, 0.25) is 0 Å². The van der Waals surface area contributed by atoms with Crippen LogP contribution in [0.2, 0.25) is 0 Å². The van der Waals surface area contributed by atoms with E-state index in [1.165, 1.54) is 0 Å². The van der Waals surface area contributed by atoms with E-state index in [-0.39, 0.29) is 0 Å². The van der Waals surface area contributed by atoms with Crippen LogP contribution in [0.3, 0.4) is 0 Å². The molecule has 1 rings (SSSR count). The molecular formula is C4H6N2O. The SMILES string of the molecule is N#COC1(N)CC1. The van der Waals surface area contributed by atoms with Crippen molar-refractivity contribution in [1.29, 1.82) is 5.26 Å². The highest BCUT2D eigenvalue weighted by atomic mass is 16.5. The van der Waals surface area contributed by atoms with Gasteiger partial charge in [-0.3, -0.25) is 5.73 Å². The molecule has 0 radical (unpaired) electrons. The van der Waals surface area contributed by atoms with Crippen LogP contribution in [0.5, 0.6) is 0 Å². The van der Waals surface area contributed by atoms with Gasteiger partial charge in [0.05, 0.1) is 0 Å². The Hall–Kier alpha value is -0.750. The summed E-state index contributed by atoms with van der Waals surface area (Å²) in [7, 11) is 0. The Morgan fingerprint density at radius 1 is 1.71 bits per heavy atom. The van der Waals surface area contributed by atoms with E-state index in [4.69, 9.17) is 11.0 Å². The Labute approximate surface area is 41.7 Å². The lowest BCUT2D eigenvalue weighted by Gasteiger charge is -1.99. The monoisotopic (exact) mass is 98.0 g/mol. The van der Waals surface area contributed by atoms with Gasteiger partial charge in [0, 0.05) is 12.8 Å². The number of nitrogens with zero attached hydrogens (tertiary/aromatic N) is 1. The summed E-state index contributed by atoms with van der Waals surface area (Å²) >= 11 is 0. The van der Waals surface area contributed by atoms with Gasteiger partial charge in [-0.2, -0.15) is 5.26 Å². The van der Waals surface area contributed by atoms with Crippen molar-refractivity contribution < 1.29 is 4.74 Å². The van der Waals surface area contributed by atoms with Gasteiger partial charge in [-0.1, -0.05) is 0 Å². The maximum Gasteiger partial charge on any atom is 0.288 e. The summed E-state index contributed by atoms with van der Waals surface area (Å²) in [6.45, 7) is 0. The topological polar surface area (TPSA) is 59.0 Å². The van der Waals surface area contributed by atoms with Gasteiger partial charge in [0.15, 0.2) is 5.72 Å². The van der Waals surface area contributed by atoms with Gasteiger partial charge in [-0.25, -0.2) is 0 Å². The highest BCUT2D eigenvalue weighted by Gasteiger charge is 2.41. The Kier molecular flexibility index (Phi) is 0.698. The highest BCUT2D eigenvalue weighted by molar-refractivity contribution is 4.91. The van der Waals surface area contributed by atoms with Crippen molar-refractivity contribution >= 4 is 0 Å². The van der Waals surface area contributed by atoms with Crippen LogP contribution < -0.4 is 5.73 Å². The van der Waals surface area contributed by atoms with Gasteiger partial charge in [0.25, 0.3) is 6.26 Å². The van der Waals surface area contributed by atoms with Crippen LogP contribution in [0, 0.1) is 11.5 Å². The van der Waals surface area contributed by atoms with E-state index in [0.717, 1.165) is 12.8 Å². The van der Waals surface area contributed by atoms with Crippen molar-refractivity contribution in [1.82, 2.24) is 0 Å². The summed E-state index contributed by atoms with van der Waals surface area (Å²) in [6, 6.07) is 0. The molecule has 3 nitrogen and oxygen atoms in total. The summed E-state index contributed by atoms with van der Waals surface area (Å²) in [5.41, 5.74) is 4.75. The molecule has 0 aromatic carbocycles. The molecule has 0 heterocycles. The van der Waals surface area contributed by atoms with E-state index >= 15 is 0 Å². The van der Waals surface area contributed by atoms with Crippen molar-refractivity contribution in [3.05, 3.63) is 0 Å². The second kappa shape index (κ2) is 1.11. The quantitative estimate of drug-likeness (QED) is 0.369. The lowest BCUT2D eigenvalue weighted by atomic mass is 10.6. The minimum absolute atomic E-state index is 0.561. The normalized spacial score (nSPS) is 22.9. The van der Waals surface area contributed by atoms with Gasteiger partial charge in [0.1, 0.15) is 0 Å². The third-order valence-corrected chi connectivity index (χ3v) is 0.992. The lowest BCUT2D eigenvalue weighted by molar-refractivity contribution is 0.145. The van der Waals surface area contributed by atoms with E-state index in [0.29, 0.717) is 0 Å². The molecule has 1 saturated carbocycles. The first kappa shape index (κ1) is 4.41. The maximum absolute atomic E-state index is 7.89. The van der Waals surface area contributed by atoms with Crippen LogP contribution in [0.25, 0.3) is 0 Å². The average molecular weight is 98.1 g/mol. The number of hydrogen-bond donors (Lipinski definition) is 1. The van der Waals surface area contributed by atoms with E-state index < -0.39 is 5.72 Å². The molecule has 0 bridgehead atoms. The number of rotatable bonds is 1. The molecular weight excluding hydrogens is 92.1 g/mol. The smallest absolute Gasteiger partial charge is 0.288 e. The van der Waals surface area contributed by atoms with Gasteiger partial charge in [-0.05, 0) is 0 Å². The fraction of sp³-hybridized carbons (Fsp3) is 0.750. The highest BCUT2D eigenvalue weighted by Crippen LogP contribution is 2.32. The summed E-state index contributed by atoms with van der Waals surface area (Å²) in [4.78, 5) is 0. The molecule has 0 spiro atoms. The molecule has 0 atom stereocenters. The van der Waals surface area contributed by atoms with Crippen LogP contribution >= 0.6 is 0 Å². The van der Waals surface area contributed by atoms with E-state index in [1.807, 2.05) is 0 Å². The van der Waals surface area contributed by atoms with Gasteiger partial charge >= 0.3 is 0 Å². The summed E-state index contributed by atoms with van der Waals surface area (Å²) in [5.74, 6) is 0. The first-order valence-electron chi connectivity index (χ1n) is 2.13. The molecule has 0 amide bonds. The molecule has 38 valence electrons.